The van der Waals surface area contributed by atoms with Gasteiger partial charge in [-0.2, -0.15) is 73.1 Å². The molecule has 149 heavy (non-hydrogen) atoms. The molecular weight excluding hydrogens is 2000 g/mol. The molecule has 4 fully saturated rings. The molecule has 0 aliphatic carbocycles. The van der Waals surface area contributed by atoms with E-state index in [0.717, 1.165) is 113 Å². The summed E-state index contributed by atoms with van der Waals surface area (Å²) >= 11 is 0. The summed E-state index contributed by atoms with van der Waals surface area (Å²) in [5, 5.41) is 75.7. The number of aromatic carboxylic acids is 2. The van der Waals surface area contributed by atoms with Crippen molar-refractivity contribution in [2.24, 2.45) is 0 Å². The smallest absolute Gasteiger partial charge is 0.478 e. The van der Waals surface area contributed by atoms with E-state index < -0.39 is 66.1 Å². The third-order valence-electron chi connectivity index (χ3n) is 21.3. The number of carbonyl (C=O) groups excluding carboxylic acids is 1. The van der Waals surface area contributed by atoms with Crippen LogP contribution in [0, 0.1) is 23.7 Å². The average molecular weight is 2100 g/mol. The molecule has 1 amide bonds. The normalized spacial score (nSPS) is 13.7. The van der Waals surface area contributed by atoms with Gasteiger partial charge in [0.2, 0.25) is 29.6 Å². The molecule has 0 radical (unpaired) electrons. The van der Waals surface area contributed by atoms with Crippen LogP contribution in [0.3, 0.4) is 0 Å². The fraction of sp³-hybridized carbons (Fsp3) is 0.366. The molecule has 4 aromatic carbocycles. The zero-order valence-corrected chi connectivity index (χ0v) is 79.8. The van der Waals surface area contributed by atoms with E-state index >= 15 is 0 Å². The average Bonchev–Trinajstić information content (AvgIpc) is 1.62. The van der Waals surface area contributed by atoms with Crippen molar-refractivity contribution < 1.29 is 131 Å². The van der Waals surface area contributed by atoms with Gasteiger partial charge in [-0.3, -0.25) is 28.3 Å². The summed E-state index contributed by atoms with van der Waals surface area (Å²) in [6.07, 6.45) is -14.3. The minimum Gasteiger partial charge on any atom is -0.478 e. The molecular formula is C93H98F12N24O20. The van der Waals surface area contributed by atoms with Crippen molar-refractivity contribution in [3.05, 3.63) is 233 Å². The summed E-state index contributed by atoms with van der Waals surface area (Å²) in [6, 6.07) is 39.2. The highest BCUT2D eigenvalue weighted by Crippen LogP contribution is 2.29. The van der Waals surface area contributed by atoms with Crippen LogP contribution in [-0.2, 0) is 81.3 Å². The van der Waals surface area contributed by atoms with E-state index in [9.17, 15) is 86.2 Å². The first-order valence-electron chi connectivity index (χ1n) is 44.8. The van der Waals surface area contributed by atoms with Gasteiger partial charge in [-0.15, -0.1) is 11.8 Å². The summed E-state index contributed by atoms with van der Waals surface area (Å²) in [6.45, 7) is 23.9. The number of carboxylic acid groups (broad SMARTS) is 6. The number of alkyl halides is 12. The summed E-state index contributed by atoms with van der Waals surface area (Å²) in [4.78, 5) is 152. The maximum atomic E-state index is 13.6. The Hall–Kier alpha value is -17.0. The van der Waals surface area contributed by atoms with E-state index in [1.54, 1.807) is 55.7 Å². The van der Waals surface area contributed by atoms with Crippen LogP contribution in [0.4, 0.5) is 81.3 Å². The van der Waals surface area contributed by atoms with E-state index in [0.29, 0.717) is 121 Å². The number of fused-ring (bicyclic) bond motifs is 4. The summed E-state index contributed by atoms with van der Waals surface area (Å²) < 4.78 is 155. The number of anilines is 4. The standard InChI is InChI=1S/C29H34N6O4.C21H22N6O3.C19H20N6O4.C16H18N6O.4C2HF3O2/c1-29(2,3)39-28(37)33-16-14-32(15-17-33)27-31-24-18-30-35(21-38-20-23-12-8-5-9-13-23)26(36)25(24)34(27)19-22-10-6-4-7-11-22;1-2-3-10-26-18-17(24-21(26)25-11-8-22-9-12-25)13-23-27(19(18)28)14-15-4-6-16(7-5-15)20(29)30;1-2-3-8-24-16-14(22-19(24)23-9-6-20-7-10-23)11-21-25(17(16)26)12-13-4-5-15(29-13)18(27)28;23-15-14-13(10-18-20-15)19-16(21-8-6-17-7-9-21)22(14)11-12-4-2-1-3-5-12;4*3-2(4,5)1(6)7/h4-13,18H,14-17,19-21H2,1-3H3;4-7,13,22H,8-12,14H2,1H3,(H,29,30);4-5,11,20H,6-10,12H2,1H3,(H,27,28);1-5,10,17H,6-9,11H2,(H,20,23);4*(H,6,7). The lowest BCUT2D eigenvalue weighted by Crippen LogP contribution is -2.50. The van der Waals surface area contributed by atoms with E-state index in [4.69, 9.17) is 68.7 Å². The molecule has 0 saturated carbocycles. The van der Waals surface area contributed by atoms with Gasteiger partial charge in [-0.25, -0.2) is 72.6 Å². The number of ether oxygens (including phenoxy) is 2. The summed E-state index contributed by atoms with van der Waals surface area (Å²) in [5.74, 6) is 1.73. The number of amides is 1. The number of nitrogens with zero attached hydrogens (tertiary/aromatic N) is 20. The minimum atomic E-state index is -5.08. The molecule has 13 aromatic rings. The van der Waals surface area contributed by atoms with E-state index in [1.807, 2.05) is 118 Å². The van der Waals surface area contributed by atoms with Crippen LogP contribution in [-0.4, -0.2) is 290 Å². The van der Waals surface area contributed by atoms with E-state index in [2.05, 4.69) is 112 Å². The van der Waals surface area contributed by atoms with Crippen LogP contribution in [0.5, 0.6) is 0 Å². The topological polar surface area (TPSA) is 546 Å². The highest BCUT2D eigenvalue weighted by atomic mass is 19.4. The van der Waals surface area contributed by atoms with Crippen LogP contribution in [0.1, 0.15) is 83.5 Å². The number of H-pyrrole nitrogens is 1. The Bertz CT molecular complexity index is 7100. The van der Waals surface area contributed by atoms with Crippen LogP contribution < -0.4 is 57.8 Å². The predicted molar refractivity (Wildman–Crippen MR) is 510 cm³/mol. The highest BCUT2D eigenvalue weighted by molar-refractivity contribution is 5.88. The molecule has 0 bridgehead atoms. The zero-order valence-electron chi connectivity index (χ0n) is 79.8. The Morgan fingerprint density at radius 1 is 0.396 bits per heavy atom. The molecule has 13 heterocycles. The molecule has 0 spiro atoms. The van der Waals surface area contributed by atoms with Crippen molar-refractivity contribution in [3.8, 4) is 23.7 Å². The van der Waals surface area contributed by atoms with Crippen LogP contribution >= 0.6 is 0 Å². The van der Waals surface area contributed by atoms with Crippen molar-refractivity contribution >= 4 is 110 Å². The molecule has 44 nitrogen and oxygen atoms in total. The maximum Gasteiger partial charge on any atom is 0.490 e. The number of imidazole rings is 4. The third-order valence-corrected chi connectivity index (χ3v) is 21.3. The molecule has 4 saturated heterocycles. The SMILES string of the molecule is CC#CCn1c(N2CCNCC2)nc2cnn(Cc3ccc(C(=O)O)cc3)c(=O)c21.CC#CCn1c(N2CCNCC2)nc2cnn(Cc3ccc(C(=O)O)o3)c(=O)c21.CC(C)(C)OC(=O)N1CCN(c2nc3cnn(COCc4ccccc4)c(=O)c3n2Cc2ccccc2)CC1.O=C(O)C(F)(F)F.O=C(O)C(F)(F)F.O=C(O)C(F)(F)F.O=C(O)C(F)(F)F.O=c1[nH]ncc2nc(N3CCNCC3)n(Cc3ccccc3)c12. The first kappa shape index (κ1) is 114. The van der Waals surface area contributed by atoms with Crippen molar-refractivity contribution in [1.82, 2.24) is 98.6 Å². The van der Waals surface area contributed by atoms with Crippen LogP contribution in [0.2, 0.25) is 0 Å². The van der Waals surface area contributed by atoms with Gasteiger partial charge in [0.15, 0.2) is 0 Å². The molecule has 4 aliphatic rings. The van der Waals surface area contributed by atoms with Gasteiger partial charge in [-0.1, -0.05) is 115 Å². The number of halogens is 12. The second kappa shape index (κ2) is 51.6. The third kappa shape index (κ3) is 32.2. The molecule has 0 unspecified atom stereocenters. The van der Waals surface area contributed by atoms with Crippen molar-refractivity contribution in [2.45, 2.75) is 118 Å². The number of carbonyl (C=O) groups is 7. The monoisotopic (exact) mass is 2100 g/mol. The van der Waals surface area contributed by atoms with Gasteiger partial charge in [0, 0.05) is 105 Å². The quantitative estimate of drug-likeness (QED) is 0.0254. The second-order valence-corrected chi connectivity index (χ2v) is 33.0. The van der Waals surface area contributed by atoms with Gasteiger partial charge < -0.3 is 94.1 Å². The lowest BCUT2D eigenvalue weighted by Gasteiger charge is -2.36. The van der Waals surface area contributed by atoms with Gasteiger partial charge >= 0.3 is 66.6 Å². The van der Waals surface area contributed by atoms with Gasteiger partial charge in [0.25, 0.3) is 22.2 Å². The Kier molecular flexibility index (Phi) is 39.5. The van der Waals surface area contributed by atoms with Crippen molar-refractivity contribution in [3.63, 3.8) is 0 Å². The minimum absolute atomic E-state index is 0.0235. The summed E-state index contributed by atoms with van der Waals surface area (Å²) in [5.41, 5.74) is 6.77. The number of rotatable bonds is 20. The Balaban J connectivity index is 0.000000188. The maximum absolute atomic E-state index is 13.6. The number of aromatic amines is 1. The Morgan fingerprint density at radius 2 is 0.738 bits per heavy atom. The van der Waals surface area contributed by atoms with Crippen molar-refractivity contribution in [2.75, 3.05) is 124 Å². The largest absolute Gasteiger partial charge is 0.490 e. The lowest BCUT2D eigenvalue weighted by molar-refractivity contribution is -0.193. The molecule has 56 heteroatoms. The number of aromatic nitrogens is 16. The lowest BCUT2D eigenvalue weighted by atomic mass is 10.1. The molecule has 4 aliphatic heterocycles. The van der Waals surface area contributed by atoms with Crippen LogP contribution in [0.15, 0.2) is 176 Å². The van der Waals surface area contributed by atoms with E-state index in [1.165, 1.54) is 38.3 Å². The number of furan rings is 1. The molecule has 10 N–H and O–H groups in total. The second-order valence-electron chi connectivity index (χ2n) is 33.0. The number of hydrogen-bond donors (Lipinski definition) is 10. The van der Waals surface area contributed by atoms with Gasteiger partial charge in [0.05, 0.1) is 69.7 Å². The zero-order chi connectivity index (χ0) is 109. The fourth-order valence-corrected chi connectivity index (χ4v) is 14.4. The Labute approximate surface area is 834 Å². The number of nitrogens with one attached hydrogen (secondary N) is 4. The highest BCUT2D eigenvalue weighted by Gasteiger charge is 2.41. The first-order chi connectivity index (χ1) is 70.5. The van der Waals surface area contributed by atoms with Gasteiger partial charge in [0.1, 0.15) is 68.8 Å². The van der Waals surface area contributed by atoms with E-state index in [-0.39, 0.29) is 59.5 Å². The van der Waals surface area contributed by atoms with Gasteiger partial charge in [-0.05, 0) is 81.1 Å². The number of aliphatic carboxylic acids is 4. The number of piperazine rings is 4. The fourth-order valence-electron chi connectivity index (χ4n) is 14.4. The predicted octanol–water partition coefficient (Wildman–Crippen LogP) is 8.12. The van der Waals surface area contributed by atoms with Crippen LogP contribution in [0.25, 0.3) is 44.1 Å². The Morgan fingerprint density at radius 3 is 1.11 bits per heavy atom. The summed E-state index contributed by atoms with van der Waals surface area (Å²) in [7, 11) is 0. The number of carboxylic acids is 6. The first-order valence-corrected chi connectivity index (χ1v) is 44.8. The molecule has 17 rings (SSSR count). The molecule has 0 atom stereocenters. The molecule has 794 valence electrons. The number of benzene rings is 4. The number of hydrogen-bond acceptors (Lipinski definition) is 29. The van der Waals surface area contributed by atoms with Crippen molar-refractivity contribution in [1.29, 1.82) is 0 Å². The molecule has 9 aromatic heterocycles.